The monoisotopic (exact) mass is 188 g/mol. The molecule has 4 heteroatoms. The second kappa shape index (κ2) is 3.33. The number of hydrogen-bond donors (Lipinski definition) is 2. The van der Waals surface area contributed by atoms with Gasteiger partial charge in [-0.2, -0.15) is 0 Å². The van der Waals surface area contributed by atoms with Crippen molar-refractivity contribution in [2.75, 3.05) is 0 Å². The first-order chi connectivity index (χ1) is 6.77. The first kappa shape index (κ1) is 8.50. The molecule has 3 amide bonds. The van der Waals surface area contributed by atoms with E-state index in [2.05, 4.69) is 10.6 Å². The normalized spacial score (nSPS) is 19.7. The lowest BCUT2D eigenvalue weighted by Crippen LogP contribution is -2.22. The Morgan fingerprint density at radius 3 is 2.00 bits per heavy atom. The van der Waals surface area contributed by atoms with E-state index in [0.717, 1.165) is 0 Å². The molecular formula is C10H8N2O2. The predicted molar refractivity (Wildman–Crippen MR) is 51.1 cm³/mol. The first-order valence-electron chi connectivity index (χ1n) is 4.15. The molecule has 0 aromatic carbocycles. The van der Waals surface area contributed by atoms with E-state index >= 15 is 0 Å². The first-order valence-corrected chi connectivity index (χ1v) is 4.15. The second-order valence-corrected chi connectivity index (χ2v) is 2.84. The van der Waals surface area contributed by atoms with Crippen LogP contribution in [0.25, 0.3) is 0 Å². The molecular weight excluding hydrogens is 180 g/mol. The highest BCUT2D eigenvalue weighted by atomic mass is 16.2. The highest BCUT2D eigenvalue weighted by Gasteiger charge is 2.24. The van der Waals surface area contributed by atoms with Crippen molar-refractivity contribution in [1.29, 1.82) is 0 Å². The molecule has 0 aromatic rings. The third kappa shape index (κ3) is 1.50. The molecule has 1 saturated heterocycles. The number of rotatable bonds is 0. The third-order valence-electron chi connectivity index (χ3n) is 1.87. The van der Waals surface area contributed by atoms with Crippen LogP contribution in [-0.4, -0.2) is 11.9 Å². The summed E-state index contributed by atoms with van der Waals surface area (Å²) in [5.74, 6) is -0.388. The van der Waals surface area contributed by atoms with E-state index in [9.17, 15) is 9.59 Å². The van der Waals surface area contributed by atoms with Gasteiger partial charge in [-0.1, -0.05) is 36.5 Å². The summed E-state index contributed by atoms with van der Waals surface area (Å²) in [5, 5.41) is 4.60. The summed E-state index contributed by atoms with van der Waals surface area (Å²) in [6.45, 7) is 0. The maximum absolute atomic E-state index is 11.3. The summed E-state index contributed by atoms with van der Waals surface area (Å²) in [6, 6.07) is -0.475. The Balaban J connectivity index is 2.40. The highest BCUT2D eigenvalue weighted by molar-refractivity contribution is 6.12. The number of carbonyl (C=O) groups is 2. The van der Waals surface area contributed by atoms with E-state index in [4.69, 9.17) is 0 Å². The molecule has 0 atom stereocenters. The van der Waals surface area contributed by atoms with E-state index in [0.29, 0.717) is 11.3 Å². The van der Waals surface area contributed by atoms with Crippen molar-refractivity contribution in [3.05, 3.63) is 47.7 Å². The van der Waals surface area contributed by atoms with Gasteiger partial charge in [0.15, 0.2) is 0 Å². The van der Waals surface area contributed by atoms with Crippen molar-refractivity contribution in [3.63, 3.8) is 0 Å². The Labute approximate surface area is 80.7 Å². The Bertz CT molecular complexity index is 396. The van der Waals surface area contributed by atoms with Crippen molar-refractivity contribution >= 4 is 11.9 Å². The van der Waals surface area contributed by atoms with Crippen molar-refractivity contribution in [2.24, 2.45) is 0 Å². The maximum Gasteiger partial charge on any atom is 0.326 e. The lowest BCUT2D eigenvalue weighted by Gasteiger charge is -1.97. The number of hydrogen-bond acceptors (Lipinski definition) is 2. The van der Waals surface area contributed by atoms with Crippen molar-refractivity contribution in [3.8, 4) is 0 Å². The molecule has 2 aliphatic rings. The molecule has 0 bridgehead atoms. The van der Waals surface area contributed by atoms with Gasteiger partial charge in [-0.25, -0.2) is 4.79 Å². The van der Waals surface area contributed by atoms with E-state index in [1.165, 1.54) is 0 Å². The van der Waals surface area contributed by atoms with Gasteiger partial charge in [0.2, 0.25) is 0 Å². The zero-order valence-corrected chi connectivity index (χ0v) is 7.28. The molecule has 2 N–H and O–H groups in total. The standard InChI is InChI=1S/C10H8N2O2/c13-9-8(11-10(14)12-9)7-5-3-1-2-4-6-7/h1-6H,(H2,11,12,13,14). The fourth-order valence-corrected chi connectivity index (χ4v) is 1.24. The molecule has 0 saturated carbocycles. The maximum atomic E-state index is 11.3. The molecule has 14 heavy (non-hydrogen) atoms. The minimum Gasteiger partial charge on any atom is -0.302 e. The van der Waals surface area contributed by atoms with Crippen LogP contribution in [0.15, 0.2) is 47.7 Å². The quantitative estimate of drug-likeness (QED) is 0.435. The second-order valence-electron chi connectivity index (χ2n) is 2.84. The largest absolute Gasteiger partial charge is 0.326 e. The van der Waals surface area contributed by atoms with Crippen LogP contribution in [0.1, 0.15) is 0 Å². The van der Waals surface area contributed by atoms with Crippen LogP contribution in [0.5, 0.6) is 0 Å². The van der Waals surface area contributed by atoms with Gasteiger partial charge in [0.25, 0.3) is 5.91 Å². The minimum absolute atomic E-state index is 0.297. The number of urea groups is 1. The molecule has 1 aliphatic carbocycles. The number of amides is 3. The number of imide groups is 1. The van der Waals surface area contributed by atoms with Gasteiger partial charge in [-0.15, -0.1) is 0 Å². The van der Waals surface area contributed by atoms with Gasteiger partial charge in [-0.05, 0) is 0 Å². The fraction of sp³-hybridized carbons (Fsp3) is 0. The van der Waals surface area contributed by atoms with Crippen LogP contribution >= 0.6 is 0 Å². The summed E-state index contributed by atoms with van der Waals surface area (Å²) in [4.78, 5) is 22.1. The van der Waals surface area contributed by atoms with Gasteiger partial charge < -0.3 is 5.32 Å². The van der Waals surface area contributed by atoms with E-state index in [1.807, 2.05) is 12.2 Å². The third-order valence-corrected chi connectivity index (χ3v) is 1.87. The summed E-state index contributed by atoms with van der Waals surface area (Å²) in [6.07, 6.45) is 10.8. The fourth-order valence-electron chi connectivity index (χ4n) is 1.24. The molecule has 0 unspecified atom stereocenters. The van der Waals surface area contributed by atoms with Gasteiger partial charge in [-0.3, -0.25) is 10.1 Å². The highest BCUT2D eigenvalue weighted by Crippen LogP contribution is 2.11. The molecule has 2 rings (SSSR count). The average Bonchev–Trinajstić information content (AvgIpc) is 2.43. The number of carbonyl (C=O) groups excluding carboxylic acids is 2. The Morgan fingerprint density at radius 2 is 1.50 bits per heavy atom. The summed E-state index contributed by atoms with van der Waals surface area (Å²) >= 11 is 0. The zero-order chi connectivity index (χ0) is 9.97. The van der Waals surface area contributed by atoms with Gasteiger partial charge in [0.05, 0.1) is 0 Å². The average molecular weight is 188 g/mol. The van der Waals surface area contributed by atoms with Crippen LogP contribution in [-0.2, 0) is 4.79 Å². The Hall–Kier alpha value is -2.10. The van der Waals surface area contributed by atoms with Crippen molar-refractivity contribution in [2.45, 2.75) is 0 Å². The Morgan fingerprint density at radius 1 is 0.857 bits per heavy atom. The van der Waals surface area contributed by atoms with Gasteiger partial charge >= 0.3 is 6.03 Å². The molecule has 0 aromatic heterocycles. The van der Waals surface area contributed by atoms with Crippen LogP contribution < -0.4 is 10.6 Å². The molecule has 1 fully saturated rings. The van der Waals surface area contributed by atoms with Crippen molar-refractivity contribution < 1.29 is 9.59 Å². The molecule has 4 nitrogen and oxygen atoms in total. The van der Waals surface area contributed by atoms with Gasteiger partial charge in [0.1, 0.15) is 5.70 Å². The topological polar surface area (TPSA) is 58.2 Å². The zero-order valence-electron chi connectivity index (χ0n) is 7.28. The molecule has 0 spiro atoms. The summed E-state index contributed by atoms with van der Waals surface area (Å²) in [7, 11) is 0. The molecule has 70 valence electrons. The number of allylic oxidation sites excluding steroid dienone is 7. The van der Waals surface area contributed by atoms with E-state index < -0.39 is 6.03 Å². The van der Waals surface area contributed by atoms with E-state index in [-0.39, 0.29) is 5.91 Å². The van der Waals surface area contributed by atoms with Crippen LogP contribution in [0.2, 0.25) is 0 Å². The van der Waals surface area contributed by atoms with Gasteiger partial charge in [0, 0.05) is 5.57 Å². The molecule has 1 aliphatic heterocycles. The summed E-state index contributed by atoms with van der Waals surface area (Å²) in [5.41, 5.74) is 0.990. The van der Waals surface area contributed by atoms with Crippen LogP contribution in [0.3, 0.4) is 0 Å². The summed E-state index contributed by atoms with van der Waals surface area (Å²) < 4.78 is 0. The van der Waals surface area contributed by atoms with Crippen LogP contribution in [0.4, 0.5) is 4.79 Å². The predicted octanol–water partition coefficient (Wildman–Crippen LogP) is 0.762. The number of nitrogens with one attached hydrogen (secondary N) is 2. The molecule has 0 radical (unpaired) electrons. The smallest absolute Gasteiger partial charge is 0.302 e. The lowest BCUT2D eigenvalue weighted by atomic mass is 10.2. The Kier molecular flexibility index (Phi) is 2.02. The van der Waals surface area contributed by atoms with Crippen molar-refractivity contribution in [1.82, 2.24) is 10.6 Å². The minimum atomic E-state index is -0.475. The van der Waals surface area contributed by atoms with Crippen LogP contribution in [0, 0.1) is 0 Å². The van der Waals surface area contributed by atoms with E-state index in [1.54, 1.807) is 24.3 Å². The SMILES string of the molecule is O=C1NC(=O)C(=C2C=CC=CC=C2)N1. The lowest BCUT2D eigenvalue weighted by molar-refractivity contribution is -0.115. The molecule has 1 heterocycles.